The van der Waals surface area contributed by atoms with E-state index in [2.05, 4.69) is 22.6 Å². The maximum Gasteiger partial charge on any atom is 0.152 e. The number of anilines is 1. The average Bonchev–Trinajstić information content (AvgIpc) is 2.48. The largest absolute Gasteiger partial charge is 0.505 e. The summed E-state index contributed by atoms with van der Waals surface area (Å²) in [5, 5.41) is 12.6. The first-order chi connectivity index (χ1) is 5.70. The lowest BCUT2D eigenvalue weighted by molar-refractivity contribution is 0.475. The Morgan fingerprint density at radius 1 is 1.50 bits per heavy atom. The summed E-state index contributed by atoms with van der Waals surface area (Å²) in [6, 6.07) is 3.79. The monoisotopic (exact) mass is 291 g/mol. The number of hydrogen-bond acceptors (Lipinski definition) is 3. The third-order valence-corrected chi connectivity index (χ3v) is 3.66. The van der Waals surface area contributed by atoms with Crippen LogP contribution in [0.3, 0.4) is 0 Å². The number of phenols is 1. The van der Waals surface area contributed by atoms with Gasteiger partial charge >= 0.3 is 0 Å². The van der Waals surface area contributed by atoms with Crippen LogP contribution >= 0.6 is 33.9 Å². The Labute approximate surface area is 87.1 Å². The van der Waals surface area contributed by atoms with Gasteiger partial charge in [0, 0.05) is 10.1 Å². The summed E-state index contributed by atoms with van der Waals surface area (Å²) in [5.74, 6) is 0.196. The summed E-state index contributed by atoms with van der Waals surface area (Å²) < 4.78 is 1.96. The first-order valence-electron chi connectivity index (χ1n) is 3.34. The molecule has 0 atom stereocenters. The maximum atomic E-state index is 9.49. The lowest BCUT2D eigenvalue weighted by Gasteiger charge is -2.01. The van der Waals surface area contributed by atoms with E-state index in [4.69, 9.17) is 5.73 Å². The topological polar surface area (TPSA) is 46.2 Å². The van der Waals surface area contributed by atoms with Gasteiger partial charge in [-0.05, 0) is 40.1 Å². The van der Waals surface area contributed by atoms with Crippen molar-refractivity contribution in [3.63, 3.8) is 0 Å². The second kappa shape index (κ2) is 2.77. The smallest absolute Gasteiger partial charge is 0.152 e. The van der Waals surface area contributed by atoms with Gasteiger partial charge in [-0.15, -0.1) is 11.3 Å². The van der Waals surface area contributed by atoms with Crippen molar-refractivity contribution in [2.45, 2.75) is 0 Å². The van der Waals surface area contributed by atoms with Crippen molar-refractivity contribution in [1.29, 1.82) is 0 Å². The summed E-state index contributed by atoms with van der Waals surface area (Å²) in [4.78, 5) is 0. The van der Waals surface area contributed by atoms with Crippen LogP contribution in [0.4, 0.5) is 5.69 Å². The molecule has 4 heteroatoms. The van der Waals surface area contributed by atoms with Gasteiger partial charge in [0.1, 0.15) is 0 Å². The predicted molar refractivity (Wildman–Crippen MR) is 60.6 cm³/mol. The lowest BCUT2D eigenvalue weighted by atomic mass is 10.2. The van der Waals surface area contributed by atoms with Crippen LogP contribution < -0.4 is 5.73 Å². The first-order valence-corrected chi connectivity index (χ1v) is 5.30. The molecule has 2 rings (SSSR count). The summed E-state index contributed by atoms with van der Waals surface area (Å²) in [5.41, 5.74) is 6.05. The van der Waals surface area contributed by atoms with Crippen molar-refractivity contribution < 1.29 is 5.11 Å². The highest BCUT2D eigenvalue weighted by molar-refractivity contribution is 14.1. The molecule has 0 saturated heterocycles. The van der Waals surface area contributed by atoms with E-state index in [-0.39, 0.29) is 5.75 Å². The molecule has 2 nitrogen and oxygen atoms in total. The zero-order chi connectivity index (χ0) is 8.72. The van der Waals surface area contributed by atoms with Crippen molar-refractivity contribution >= 4 is 49.7 Å². The molecule has 0 aliphatic carbocycles. The molecular formula is C8H6INOS. The van der Waals surface area contributed by atoms with Crippen LogP contribution in [0.1, 0.15) is 0 Å². The molecule has 12 heavy (non-hydrogen) atoms. The van der Waals surface area contributed by atoms with Crippen LogP contribution in [0, 0.1) is 3.57 Å². The molecule has 0 aliphatic heterocycles. The molecule has 1 aromatic heterocycles. The molecule has 0 amide bonds. The molecule has 0 saturated carbocycles. The number of benzene rings is 1. The molecule has 62 valence electrons. The molecule has 0 radical (unpaired) electrons. The van der Waals surface area contributed by atoms with E-state index in [9.17, 15) is 5.11 Å². The van der Waals surface area contributed by atoms with Crippen LogP contribution in [0.25, 0.3) is 10.1 Å². The molecule has 0 spiro atoms. The van der Waals surface area contributed by atoms with Crippen LogP contribution in [0.2, 0.25) is 0 Å². The van der Waals surface area contributed by atoms with Gasteiger partial charge in [-0.3, -0.25) is 0 Å². The molecule has 1 heterocycles. The van der Waals surface area contributed by atoms with E-state index in [0.717, 1.165) is 13.7 Å². The Balaban J connectivity index is 2.94. The Bertz CT molecular complexity index is 438. The van der Waals surface area contributed by atoms with Crippen LogP contribution in [0.15, 0.2) is 17.5 Å². The highest BCUT2D eigenvalue weighted by Gasteiger charge is 2.08. The molecular weight excluding hydrogens is 285 g/mol. The fraction of sp³-hybridized carbons (Fsp3) is 0. The summed E-state index contributed by atoms with van der Waals surface area (Å²) in [6.45, 7) is 0. The number of nitrogen functional groups attached to an aromatic ring is 1. The quantitative estimate of drug-likeness (QED) is 0.445. The van der Waals surface area contributed by atoms with E-state index >= 15 is 0 Å². The van der Waals surface area contributed by atoms with Crippen LogP contribution in [-0.4, -0.2) is 5.11 Å². The van der Waals surface area contributed by atoms with E-state index in [1.165, 1.54) is 0 Å². The summed E-state index contributed by atoms with van der Waals surface area (Å²) >= 11 is 3.73. The predicted octanol–water partition coefficient (Wildman–Crippen LogP) is 2.79. The van der Waals surface area contributed by atoms with Crippen molar-refractivity contribution in [3.05, 3.63) is 21.1 Å². The third-order valence-electron chi connectivity index (χ3n) is 1.70. The van der Waals surface area contributed by atoms with Crippen LogP contribution in [-0.2, 0) is 0 Å². The van der Waals surface area contributed by atoms with Gasteiger partial charge in [0.2, 0.25) is 0 Å². The van der Waals surface area contributed by atoms with Gasteiger partial charge in [-0.1, -0.05) is 0 Å². The molecule has 0 unspecified atom stereocenters. The number of fused-ring (bicyclic) bond motifs is 1. The Morgan fingerprint density at radius 2 is 2.25 bits per heavy atom. The minimum absolute atomic E-state index is 0.196. The van der Waals surface area contributed by atoms with Gasteiger partial charge in [0.15, 0.2) is 5.75 Å². The molecule has 1 aromatic carbocycles. The Morgan fingerprint density at radius 3 is 3.00 bits per heavy atom. The highest BCUT2D eigenvalue weighted by atomic mass is 127. The van der Waals surface area contributed by atoms with E-state index in [1.807, 2.05) is 11.4 Å². The number of nitrogens with two attached hydrogens (primary N) is 1. The first kappa shape index (κ1) is 8.12. The van der Waals surface area contributed by atoms with Gasteiger partial charge in [0.05, 0.1) is 9.26 Å². The molecule has 3 N–H and O–H groups in total. The average molecular weight is 291 g/mol. The van der Waals surface area contributed by atoms with Crippen molar-refractivity contribution in [2.75, 3.05) is 5.73 Å². The maximum absolute atomic E-state index is 9.49. The number of phenolic OH excluding ortho intramolecular Hbond substituents is 1. The number of rotatable bonds is 0. The van der Waals surface area contributed by atoms with Crippen LogP contribution in [0.5, 0.6) is 5.75 Å². The zero-order valence-corrected chi connectivity index (χ0v) is 9.02. The van der Waals surface area contributed by atoms with E-state index in [1.54, 1.807) is 17.4 Å². The number of hydrogen-bond donors (Lipinski definition) is 2. The minimum Gasteiger partial charge on any atom is -0.505 e. The molecule has 0 aliphatic rings. The minimum atomic E-state index is 0.196. The highest BCUT2D eigenvalue weighted by Crippen LogP contribution is 2.36. The summed E-state index contributed by atoms with van der Waals surface area (Å²) in [7, 11) is 0. The second-order valence-electron chi connectivity index (χ2n) is 2.46. The van der Waals surface area contributed by atoms with Gasteiger partial charge in [0.25, 0.3) is 0 Å². The number of halogens is 1. The second-order valence-corrected chi connectivity index (χ2v) is 4.49. The third kappa shape index (κ3) is 1.06. The fourth-order valence-corrected chi connectivity index (χ4v) is 2.89. The number of aromatic hydroxyl groups is 1. The van der Waals surface area contributed by atoms with E-state index < -0.39 is 0 Å². The SMILES string of the molecule is Nc1cc2sccc2c(I)c1O. The van der Waals surface area contributed by atoms with Gasteiger partial charge in [-0.2, -0.15) is 0 Å². The molecule has 2 aromatic rings. The molecule has 0 fully saturated rings. The van der Waals surface area contributed by atoms with Crippen molar-refractivity contribution in [1.82, 2.24) is 0 Å². The van der Waals surface area contributed by atoms with E-state index in [0.29, 0.717) is 5.69 Å². The zero-order valence-electron chi connectivity index (χ0n) is 6.04. The number of thiophene rings is 1. The standard InChI is InChI=1S/C8H6INOS/c9-7-4-1-2-12-6(4)3-5(10)8(7)11/h1-3,11H,10H2. The fourth-order valence-electron chi connectivity index (χ4n) is 1.08. The van der Waals surface area contributed by atoms with Gasteiger partial charge in [-0.25, -0.2) is 0 Å². The summed E-state index contributed by atoms with van der Waals surface area (Å²) in [6.07, 6.45) is 0. The van der Waals surface area contributed by atoms with Gasteiger partial charge < -0.3 is 10.8 Å². The van der Waals surface area contributed by atoms with Crippen molar-refractivity contribution in [2.24, 2.45) is 0 Å². The Hall–Kier alpha value is -0.490. The van der Waals surface area contributed by atoms with Crippen molar-refractivity contribution in [3.8, 4) is 5.75 Å². The molecule has 0 bridgehead atoms. The Kier molecular flexibility index (Phi) is 1.88. The lowest BCUT2D eigenvalue weighted by Crippen LogP contribution is -1.87. The normalized spacial score (nSPS) is 10.8.